The number of allylic oxidation sites excluding steroid dienone is 1. The molecule has 0 atom stereocenters. The molecule has 2 aromatic rings. The number of non-ortho nitro benzene ring substituents is 1. The maximum absolute atomic E-state index is 10.6. The minimum absolute atomic E-state index is 0.103. The lowest BCUT2D eigenvalue weighted by Gasteiger charge is -2.03. The summed E-state index contributed by atoms with van der Waals surface area (Å²) in [4.78, 5) is 10.2. The number of hydrogen-bond donors (Lipinski definition) is 0. The molecule has 0 spiro atoms. The first kappa shape index (κ1) is 13.8. The molecular formula is C16H15NO3. The normalized spacial score (nSPS) is 11.2. The SMILES string of the molecule is COc1ccc(/C=C(\C)c2ccc([N+](=O)[O-])cc2)cc1. The smallest absolute Gasteiger partial charge is 0.269 e. The zero-order chi connectivity index (χ0) is 14.5. The molecule has 0 heterocycles. The molecule has 2 aromatic carbocycles. The Kier molecular flexibility index (Phi) is 4.15. The third kappa shape index (κ3) is 3.23. The van der Waals surface area contributed by atoms with Gasteiger partial charge in [0.2, 0.25) is 0 Å². The van der Waals surface area contributed by atoms with Gasteiger partial charge < -0.3 is 4.74 Å². The van der Waals surface area contributed by atoms with E-state index in [1.54, 1.807) is 19.2 Å². The lowest BCUT2D eigenvalue weighted by molar-refractivity contribution is -0.384. The van der Waals surface area contributed by atoms with E-state index in [9.17, 15) is 10.1 Å². The van der Waals surface area contributed by atoms with Crippen molar-refractivity contribution in [2.24, 2.45) is 0 Å². The van der Waals surface area contributed by atoms with Crippen molar-refractivity contribution in [2.75, 3.05) is 7.11 Å². The maximum Gasteiger partial charge on any atom is 0.269 e. The first-order chi connectivity index (χ1) is 9.60. The number of nitro benzene ring substituents is 1. The van der Waals surface area contributed by atoms with E-state index in [-0.39, 0.29) is 5.69 Å². The van der Waals surface area contributed by atoms with Gasteiger partial charge in [0, 0.05) is 12.1 Å². The summed E-state index contributed by atoms with van der Waals surface area (Å²) in [5.41, 5.74) is 3.17. The zero-order valence-electron chi connectivity index (χ0n) is 11.4. The molecule has 0 N–H and O–H groups in total. The molecule has 0 radical (unpaired) electrons. The summed E-state index contributed by atoms with van der Waals surface area (Å²) in [5.74, 6) is 0.815. The van der Waals surface area contributed by atoms with E-state index in [4.69, 9.17) is 4.74 Å². The molecule has 102 valence electrons. The van der Waals surface area contributed by atoms with Crippen molar-refractivity contribution in [1.82, 2.24) is 0 Å². The standard InChI is InChI=1S/C16H15NO3/c1-12(11-13-3-9-16(20-2)10-4-13)14-5-7-15(8-6-14)17(18)19/h3-11H,1-2H3/b12-11+. The van der Waals surface area contributed by atoms with Crippen LogP contribution in [-0.2, 0) is 0 Å². The highest BCUT2D eigenvalue weighted by Gasteiger charge is 2.04. The van der Waals surface area contributed by atoms with Gasteiger partial charge in [-0.25, -0.2) is 0 Å². The number of benzene rings is 2. The Morgan fingerprint density at radius 3 is 2.20 bits per heavy atom. The molecule has 0 amide bonds. The summed E-state index contributed by atoms with van der Waals surface area (Å²) in [6.07, 6.45) is 2.03. The van der Waals surface area contributed by atoms with Crippen molar-refractivity contribution in [1.29, 1.82) is 0 Å². The first-order valence-electron chi connectivity index (χ1n) is 6.17. The van der Waals surface area contributed by atoms with Gasteiger partial charge in [0.25, 0.3) is 5.69 Å². The Balaban J connectivity index is 2.22. The van der Waals surface area contributed by atoms with Crippen molar-refractivity contribution < 1.29 is 9.66 Å². The number of nitro groups is 1. The van der Waals surface area contributed by atoms with Crippen molar-refractivity contribution in [3.63, 3.8) is 0 Å². The first-order valence-corrected chi connectivity index (χ1v) is 6.17. The number of rotatable bonds is 4. The zero-order valence-corrected chi connectivity index (χ0v) is 11.4. The third-order valence-corrected chi connectivity index (χ3v) is 3.03. The highest BCUT2D eigenvalue weighted by atomic mass is 16.6. The second-order valence-corrected chi connectivity index (χ2v) is 4.40. The summed E-state index contributed by atoms with van der Waals surface area (Å²) >= 11 is 0. The van der Waals surface area contributed by atoms with Gasteiger partial charge in [-0.15, -0.1) is 0 Å². The molecule has 20 heavy (non-hydrogen) atoms. The average molecular weight is 269 g/mol. The Morgan fingerprint density at radius 1 is 1.10 bits per heavy atom. The summed E-state index contributed by atoms with van der Waals surface area (Å²) in [5, 5.41) is 10.6. The van der Waals surface area contributed by atoms with E-state index in [1.165, 1.54) is 12.1 Å². The minimum Gasteiger partial charge on any atom is -0.497 e. The summed E-state index contributed by atoms with van der Waals surface area (Å²) in [7, 11) is 1.63. The van der Waals surface area contributed by atoms with Gasteiger partial charge >= 0.3 is 0 Å². The Labute approximate surface area is 117 Å². The number of hydrogen-bond acceptors (Lipinski definition) is 3. The Morgan fingerprint density at radius 2 is 1.70 bits per heavy atom. The van der Waals surface area contributed by atoms with Crippen LogP contribution < -0.4 is 4.74 Å². The molecule has 4 nitrogen and oxygen atoms in total. The molecule has 0 bridgehead atoms. The van der Waals surface area contributed by atoms with Crippen LogP contribution in [0.1, 0.15) is 18.1 Å². The quantitative estimate of drug-likeness (QED) is 0.475. The van der Waals surface area contributed by atoms with Crippen molar-refractivity contribution in [3.05, 3.63) is 69.8 Å². The van der Waals surface area contributed by atoms with Crippen LogP contribution in [0.5, 0.6) is 5.75 Å². The monoisotopic (exact) mass is 269 g/mol. The summed E-state index contributed by atoms with van der Waals surface area (Å²) in [6.45, 7) is 1.98. The average Bonchev–Trinajstić information content (AvgIpc) is 2.48. The Hall–Kier alpha value is -2.62. The molecule has 0 unspecified atom stereocenters. The minimum atomic E-state index is -0.397. The van der Waals surface area contributed by atoms with E-state index in [0.29, 0.717) is 0 Å². The van der Waals surface area contributed by atoms with E-state index in [2.05, 4.69) is 0 Å². The fourth-order valence-corrected chi connectivity index (χ4v) is 1.88. The van der Waals surface area contributed by atoms with Crippen LogP contribution in [0.25, 0.3) is 11.6 Å². The van der Waals surface area contributed by atoms with Crippen LogP contribution in [-0.4, -0.2) is 12.0 Å². The van der Waals surface area contributed by atoms with E-state index in [0.717, 1.165) is 22.4 Å². The molecule has 2 rings (SSSR count). The van der Waals surface area contributed by atoms with Gasteiger partial charge in [0.05, 0.1) is 12.0 Å². The van der Waals surface area contributed by atoms with E-state index < -0.39 is 4.92 Å². The van der Waals surface area contributed by atoms with Crippen molar-refractivity contribution >= 4 is 17.3 Å². The van der Waals surface area contributed by atoms with Crippen molar-refractivity contribution in [2.45, 2.75) is 6.92 Å². The lowest BCUT2D eigenvalue weighted by atomic mass is 10.0. The van der Waals surface area contributed by atoms with Crippen LogP contribution in [0.15, 0.2) is 48.5 Å². The highest BCUT2D eigenvalue weighted by molar-refractivity contribution is 5.80. The van der Waals surface area contributed by atoms with Gasteiger partial charge in [-0.05, 0) is 47.9 Å². The molecule has 0 saturated carbocycles. The number of nitrogens with zero attached hydrogens (tertiary/aromatic N) is 1. The highest BCUT2D eigenvalue weighted by Crippen LogP contribution is 2.21. The molecule has 0 aliphatic heterocycles. The molecule has 0 aliphatic carbocycles. The third-order valence-electron chi connectivity index (χ3n) is 3.03. The van der Waals surface area contributed by atoms with Gasteiger partial charge in [0.15, 0.2) is 0 Å². The molecular weight excluding hydrogens is 254 g/mol. The van der Waals surface area contributed by atoms with Crippen LogP contribution in [0.2, 0.25) is 0 Å². The van der Waals surface area contributed by atoms with Gasteiger partial charge in [-0.2, -0.15) is 0 Å². The molecule has 0 aliphatic rings. The van der Waals surface area contributed by atoms with E-state index >= 15 is 0 Å². The Bertz CT molecular complexity index is 628. The van der Waals surface area contributed by atoms with Crippen LogP contribution >= 0.6 is 0 Å². The second kappa shape index (κ2) is 6.02. The largest absolute Gasteiger partial charge is 0.497 e. The topological polar surface area (TPSA) is 52.4 Å². The number of methoxy groups -OCH3 is 1. The predicted octanol–water partition coefficient (Wildman–Crippen LogP) is 4.16. The summed E-state index contributed by atoms with van der Waals surface area (Å²) in [6, 6.07) is 14.3. The lowest BCUT2D eigenvalue weighted by Crippen LogP contribution is -1.88. The van der Waals surface area contributed by atoms with Crippen LogP contribution in [0, 0.1) is 10.1 Å². The molecule has 4 heteroatoms. The van der Waals surface area contributed by atoms with Gasteiger partial charge in [-0.1, -0.05) is 18.2 Å². The maximum atomic E-state index is 10.6. The summed E-state index contributed by atoms with van der Waals surface area (Å²) < 4.78 is 5.11. The second-order valence-electron chi connectivity index (χ2n) is 4.40. The van der Waals surface area contributed by atoms with Gasteiger partial charge in [-0.3, -0.25) is 10.1 Å². The van der Waals surface area contributed by atoms with Crippen molar-refractivity contribution in [3.8, 4) is 5.75 Å². The molecule has 0 saturated heterocycles. The van der Waals surface area contributed by atoms with E-state index in [1.807, 2.05) is 37.3 Å². The van der Waals surface area contributed by atoms with Crippen LogP contribution in [0.3, 0.4) is 0 Å². The predicted molar refractivity (Wildman–Crippen MR) is 79.6 cm³/mol. The number of ether oxygens (including phenoxy) is 1. The fourth-order valence-electron chi connectivity index (χ4n) is 1.88. The fraction of sp³-hybridized carbons (Fsp3) is 0.125. The van der Waals surface area contributed by atoms with Crippen LogP contribution in [0.4, 0.5) is 5.69 Å². The molecule has 0 fully saturated rings. The van der Waals surface area contributed by atoms with Gasteiger partial charge in [0.1, 0.15) is 5.75 Å². The molecule has 0 aromatic heterocycles.